The van der Waals surface area contributed by atoms with E-state index in [-0.39, 0.29) is 0 Å². The van der Waals surface area contributed by atoms with Crippen molar-refractivity contribution in [3.05, 3.63) is 24.3 Å². The maximum atomic E-state index is 5.89. The summed E-state index contributed by atoms with van der Waals surface area (Å²) in [7, 11) is 0. The minimum Gasteiger partial charge on any atom is -0.493 e. The van der Waals surface area contributed by atoms with Gasteiger partial charge in [-0.1, -0.05) is 19.9 Å². The van der Waals surface area contributed by atoms with E-state index in [4.69, 9.17) is 18.9 Å². The van der Waals surface area contributed by atoms with Crippen LogP contribution >= 0.6 is 0 Å². The molecule has 0 N–H and O–H groups in total. The van der Waals surface area contributed by atoms with Gasteiger partial charge in [-0.15, -0.1) is 0 Å². The van der Waals surface area contributed by atoms with Crippen molar-refractivity contribution in [1.29, 1.82) is 0 Å². The first-order valence-electron chi connectivity index (χ1n) is 8.39. The molecule has 0 amide bonds. The van der Waals surface area contributed by atoms with Crippen LogP contribution in [0.2, 0.25) is 0 Å². The van der Waals surface area contributed by atoms with Gasteiger partial charge in [-0.3, -0.25) is 0 Å². The van der Waals surface area contributed by atoms with E-state index in [0.717, 1.165) is 50.8 Å². The molecule has 2 heterocycles. The first-order valence-corrected chi connectivity index (χ1v) is 8.39. The van der Waals surface area contributed by atoms with Crippen LogP contribution in [0.1, 0.15) is 26.7 Å². The molecule has 4 heteroatoms. The molecule has 4 nitrogen and oxygen atoms in total. The lowest BCUT2D eigenvalue weighted by molar-refractivity contribution is -0.128. The largest absolute Gasteiger partial charge is 0.493 e. The van der Waals surface area contributed by atoms with E-state index < -0.39 is 0 Å². The number of rotatable bonds is 8. The van der Waals surface area contributed by atoms with Gasteiger partial charge in [0.25, 0.3) is 0 Å². The maximum absolute atomic E-state index is 5.89. The lowest BCUT2D eigenvalue weighted by atomic mass is 9.97. The Balaban J connectivity index is 1.45. The van der Waals surface area contributed by atoms with Crippen molar-refractivity contribution in [1.82, 2.24) is 0 Å². The van der Waals surface area contributed by atoms with Crippen LogP contribution in [0.15, 0.2) is 24.3 Å². The highest BCUT2D eigenvalue weighted by molar-refractivity contribution is 5.33. The van der Waals surface area contributed by atoms with Gasteiger partial charge in [-0.05, 0) is 25.0 Å². The van der Waals surface area contributed by atoms with Crippen molar-refractivity contribution >= 4 is 0 Å². The van der Waals surface area contributed by atoms with Gasteiger partial charge in [0.15, 0.2) is 0 Å². The third kappa shape index (κ3) is 3.55. The van der Waals surface area contributed by atoms with E-state index in [1.54, 1.807) is 0 Å². The van der Waals surface area contributed by atoms with E-state index in [2.05, 4.69) is 13.8 Å². The summed E-state index contributed by atoms with van der Waals surface area (Å²) < 4.78 is 22.8. The lowest BCUT2D eigenvalue weighted by Gasteiger charge is -2.36. The molecule has 0 aromatic heterocycles. The average molecular weight is 306 g/mol. The zero-order valence-corrected chi connectivity index (χ0v) is 13.5. The summed E-state index contributed by atoms with van der Waals surface area (Å²) in [5, 5.41) is 0. The molecule has 2 aliphatic rings. The van der Waals surface area contributed by atoms with E-state index in [1.807, 2.05) is 24.3 Å². The number of hydrogen-bond donors (Lipinski definition) is 0. The standard InChI is InChI=1S/C18H26O4/c1-3-17-13(11-21-17)9-19-15-6-5-7-16(8-15)20-10-14-12-22-18(14)4-2/h5-8,13-14,17-18H,3-4,9-12H2,1-2H3. The Kier molecular flexibility index (Phi) is 5.21. The summed E-state index contributed by atoms with van der Waals surface area (Å²) in [5.41, 5.74) is 0. The number of benzene rings is 1. The fraction of sp³-hybridized carbons (Fsp3) is 0.667. The van der Waals surface area contributed by atoms with Gasteiger partial charge in [0.05, 0.1) is 38.6 Å². The average Bonchev–Trinajstić information content (AvgIpc) is 2.47. The fourth-order valence-electron chi connectivity index (χ4n) is 3.01. The summed E-state index contributed by atoms with van der Waals surface area (Å²) in [6.07, 6.45) is 2.84. The van der Waals surface area contributed by atoms with Crippen LogP contribution in [-0.4, -0.2) is 38.6 Å². The molecule has 0 radical (unpaired) electrons. The van der Waals surface area contributed by atoms with Gasteiger partial charge in [0.2, 0.25) is 0 Å². The molecule has 0 spiro atoms. The lowest BCUT2D eigenvalue weighted by Crippen LogP contribution is -2.42. The Bertz CT molecular complexity index is 433. The molecule has 3 rings (SSSR count). The third-order valence-corrected chi connectivity index (χ3v) is 4.64. The number of ether oxygens (including phenoxy) is 4. The SMILES string of the molecule is CCC1OCC1COc1cccc(OCC2COC2CC)c1. The minimum atomic E-state index is 0.365. The van der Waals surface area contributed by atoms with E-state index >= 15 is 0 Å². The predicted octanol–water partition coefficient (Wildman–Crippen LogP) is 3.29. The number of hydrogen-bond acceptors (Lipinski definition) is 4. The topological polar surface area (TPSA) is 36.9 Å². The van der Waals surface area contributed by atoms with Crippen LogP contribution in [0.25, 0.3) is 0 Å². The molecular weight excluding hydrogens is 280 g/mol. The van der Waals surface area contributed by atoms with Gasteiger partial charge in [-0.2, -0.15) is 0 Å². The summed E-state index contributed by atoms with van der Waals surface area (Å²) in [6, 6.07) is 7.91. The van der Waals surface area contributed by atoms with Crippen LogP contribution < -0.4 is 9.47 Å². The van der Waals surface area contributed by atoms with Crippen LogP contribution in [0.4, 0.5) is 0 Å². The summed E-state index contributed by atoms with van der Waals surface area (Å²) in [5.74, 6) is 2.78. The zero-order chi connectivity index (χ0) is 15.4. The molecule has 0 saturated carbocycles. The van der Waals surface area contributed by atoms with Crippen molar-refractivity contribution in [3.8, 4) is 11.5 Å². The fourth-order valence-corrected chi connectivity index (χ4v) is 3.01. The third-order valence-electron chi connectivity index (χ3n) is 4.64. The monoisotopic (exact) mass is 306 g/mol. The van der Waals surface area contributed by atoms with Crippen molar-refractivity contribution in [3.63, 3.8) is 0 Å². The van der Waals surface area contributed by atoms with E-state index in [9.17, 15) is 0 Å². The Morgan fingerprint density at radius 2 is 1.41 bits per heavy atom. The van der Waals surface area contributed by atoms with Crippen LogP contribution in [-0.2, 0) is 9.47 Å². The van der Waals surface area contributed by atoms with Crippen LogP contribution in [0.5, 0.6) is 11.5 Å². The Morgan fingerprint density at radius 3 is 1.77 bits per heavy atom. The summed E-state index contributed by atoms with van der Waals surface area (Å²) in [4.78, 5) is 0. The molecule has 0 bridgehead atoms. The molecule has 122 valence electrons. The molecule has 1 aromatic carbocycles. The second kappa shape index (κ2) is 7.34. The van der Waals surface area contributed by atoms with Crippen molar-refractivity contribution in [2.24, 2.45) is 11.8 Å². The molecule has 2 fully saturated rings. The first kappa shape index (κ1) is 15.6. The van der Waals surface area contributed by atoms with E-state index in [0.29, 0.717) is 24.0 Å². The zero-order valence-electron chi connectivity index (χ0n) is 13.5. The van der Waals surface area contributed by atoms with Gasteiger partial charge < -0.3 is 18.9 Å². The van der Waals surface area contributed by atoms with Gasteiger partial charge in [0, 0.05) is 17.9 Å². The Hall–Kier alpha value is -1.26. The van der Waals surface area contributed by atoms with Crippen molar-refractivity contribution < 1.29 is 18.9 Å². The smallest absolute Gasteiger partial charge is 0.123 e. The van der Waals surface area contributed by atoms with Gasteiger partial charge in [0.1, 0.15) is 11.5 Å². The van der Waals surface area contributed by atoms with Crippen LogP contribution in [0.3, 0.4) is 0 Å². The minimum absolute atomic E-state index is 0.365. The molecule has 2 saturated heterocycles. The highest BCUT2D eigenvalue weighted by atomic mass is 16.5. The molecule has 4 unspecified atom stereocenters. The molecular formula is C18H26O4. The molecule has 4 atom stereocenters. The van der Waals surface area contributed by atoms with Gasteiger partial charge >= 0.3 is 0 Å². The maximum Gasteiger partial charge on any atom is 0.123 e. The molecule has 1 aromatic rings. The molecule has 22 heavy (non-hydrogen) atoms. The van der Waals surface area contributed by atoms with Crippen molar-refractivity contribution in [2.45, 2.75) is 38.9 Å². The first-order chi connectivity index (χ1) is 10.8. The second-order valence-corrected chi connectivity index (χ2v) is 6.18. The highest BCUT2D eigenvalue weighted by Gasteiger charge is 2.31. The summed E-state index contributed by atoms with van der Waals surface area (Å²) in [6.45, 7) is 7.37. The predicted molar refractivity (Wildman–Crippen MR) is 84.5 cm³/mol. The normalized spacial score (nSPS) is 30.3. The highest BCUT2D eigenvalue weighted by Crippen LogP contribution is 2.27. The molecule has 2 aliphatic heterocycles. The second-order valence-electron chi connectivity index (χ2n) is 6.18. The summed E-state index contributed by atoms with van der Waals surface area (Å²) >= 11 is 0. The van der Waals surface area contributed by atoms with Crippen LogP contribution in [0, 0.1) is 11.8 Å². The Labute approximate surface area is 132 Å². The molecule has 0 aliphatic carbocycles. The quantitative estimate of drug-likeness (QED) is 0.738. The van der Waals surface area contributed by atoms with Crippen molar-refractivity contribution in [2.75, 3.05) is 26.4 Å². The van der Waals surface area contributed by atoms with E-state index in [1.165, 1.54) is 0 Å². The Morgan fingerprint density at radius 1 is 0.909 bits per heavy atom. The van der Waals surface area contributed by atoms with Gasteiger partial charge in [-0.25, -0.2) is 0 Å².